The molecule has 1 N–H and O–H groups in total. The molecule has 1 fully saturated rings. The van der Waals surface area contributed by atoms with E-state index >= 15 is 0 Å². The third-order valence-corrected chi connectivity index (χ3v) is 6.21. The van der Waals surface area contributed by atoms with Gasteiger partial charge in [-0.05, 0) is 25.0 Å². The van der Waals surface area contributed by atoms with Crippen LogP contribution < -0.4 is 21.5 Å². The fourth-order valence-corrected chi connectivity index (χ4v) is 4.24. The number of rotatable bonds is 4. The highest BCUT2D eigenvalue weighted by molar-refractivity contribution is 6.31. The average molecular weight is 429 g/mol. The third-order valence-electron chi connectivity index (χ3n) is 5.85. The van der Waals surface area contributed by atoms with E-state index in [1.807, 2.05) is 23.1 Å². The second-order valence-electron chi connectivity index (χ2n) is 7.83. The molecule has 0 spiro atoms. The van der Waals surface area contributed by atoms with Crippen molar-refractivity contribution in [2.24, 2.45) is 20.0 Å². The molecule has 5 rings (SSSR count). The van der Waals surface area contributed by atoms with Crippen LogP contribution in [0.2, 0.25) is 5.02 Å². The molecule has 10 heteroatoms. The van der Waals surface area contributed by atoms with Gasteiger partial charge < -0.3 is 10.2 Å². The van der Waals surface area contributed by atoms with Gasteiger partial charge in [-0.1, -0.05) is 17.7 Å². The first-order valence-electron chi connectivity index (χ1n) is 9.87. The number of aryl methyl sites for hydroxylation is 1. The molecule has 30 heavy (non-hydrogen) atoms. The van der Waals surface area contributed by atoms with Gasteiger partial charge >= 0.3 is 5.69 Å². The molecule has 0 atom stereocenters. The molecule has 3 heterocycles. The van der Waals surface area contributed by atoms with Crippen molar-refractivity contribution in [2.45, 2.75) is 19.4 Å². The summed E-state index contributed by atoms with van der Waals surface area (Å²) in [5, 5.41) is 3.56. The number of hydrogen-bond acceptors (Lipinski definition) is 5. The Morgan fingerprint density at radius 1 is 1.23 bits per heavy atom. The lowest BCUT2D eigenvalue weighted by Crippen LogP contribution is -2.38. The van der Waals surface area contributed by atoms with Gasteiger partial charge in [0.15, 0.2) is 11.2 Å². The Kier molecular flexibility index (Phi) is 4.25. The van der Waals surface area contributed by atoms with Gasteiger partial charge in [0.25, 0.3) is 5.56 Å². The number of anilines is 2. The smallest absolute Gasteiger partial charge is 0.332 e. The Labute approximate surface area is 176 Å². The highest BCUT2D eigenvalue weighted by Gasteiger charge is 2.32. The van der Waals surface area contributed by atoms with Crippen molar-refractivity contribution in [3.8, 4) is 0 Å². The van der Waals surface area contributed by atoms with Crippen LogP contribution in [0.5, 0.6) is 0 Å². The predicted molar refractivity (Wildman–Crippen MR) is 114 cm³/mol. The Bertz CT molecular complexity index is 1320. The van der Waals surface area contributed by atoms with Crippen LogP contribution in [0.1, 0.15) is 18.4 Å². The molecule has 1 aromatic carbocycles. The number of aromatic nitrogens is 4. The zero-order valence-electron chi connectivity index (χ0n) is 16.7. The van der Waals surface area contributed by atoms with Crippen molar-refractivity contribution in [1.82, 2.24) is 24.0 Å². The van der Waals surface area contributed by atoms with Crippen LogP contribution in [0, 0.1) is 5.92 Å². The van der Waals surface area contributed by atoms with Gasteiger partial charge in [-0.2, -0.15) is 4.98 Å². The zero-order chi connectivity index (χ0) is 21.2. The van der Waals surface area contributed by atoms with Crippen LogP contribution >= 0.6 is 11.6 Å². The first kappa shape index (κ1) is 18.9. The lowest BCUT2D eigenvalue weighted by molar-refractivity contribution is -0.122. The maximum atomic E-state index is 12.9. The van der Waals surface area contributed by atoms with Crippen LogP contribution in [0.4, 0.5) is 11.6 Å². The van der Waals surface area contributed by atoms with Crippen molar-refractivity contribution in [1.29, 1.82) is 0 Å². The molecule has 0 radical (unpaired) electrons. The summed E-state index contributed by atoms with van der Waals surface area (Å²) in [4.78, 5) is 43.9. The summed E-state index contributed by atoms with van der Waals surface area (Å²) >= 11 is 6.49. The molecule has 1 aliphatic heterocycles. The second kappa shape index (κ2) is 6.73. The van der Waals surface area contributed by atoms with E-state index in [-0.39, 0.29) is 11.8 Å². The molecule has 1 saturated carbocycles. The highest BCUT2D eigenvalue weighted by atomic mass is 35.5. The molecule has 0 bridgehead atoms. The van der Waals surface area contributed by atoms with E-state index in [4.69, 9.17) is 11.6 Å². The van der Waals surface area contributed by atoms with Gasteiger partial charge in [0.1, 0.15) is 0 Å². The number of halogens is 1. The van der Waals surface area contributed by atoms with E-state index in [2.05, 4.69) is 10.3 Å². The summed E-state index contributed by atoms with van der Waals surface area (Å²) in [6, 6.07) is 5.62. The molecule has 2 aromatic heterocycles. The highest BCUT2D eigenvalue weighted by Crippen LogP contribution is 2.38. The quantitative estimate of drug-likeness (QED) is 0.672. The van der Waals surface area contributed by atoms with E-state index in [1.165, 1.54) is 11.6 Å². The SMILES string of the molecule is Cn1c(=O)c2c(nc3n2Cc2c(Cl)cccc2N3CCNC(=O)C2CC2)n(C)c1=O. The summed E-state index contributed by atoms with van der Waals surface area (Å²) in [6.45, 7) is 1.27. The summed E-state index contributed by atoms with van der Waals surface area (Å²) in [6.07, 6.45) is 1.89. The van der Waals surface area contributed by atoms with Crippen molar-refractivity contribution in [3.05, 3.63) is 49.6 Å². The summed E-state index contributed by atoms with van der Waals surface area (Å²) in [7, 11) is 3.06. The van der Waals surface area contributed by atoms with Gasteiger partial charge in [0, 0.05) is 43.7 Å². The minimum absolute atomic E-state index is 0.0723. The van der Waals surface area contributed by atoms with Gasteiger partial charge in [0.2, 0.25) is 11.9 Å². The predicted octanol–water partition coefficient (Wildman–Crippen LogP) is 1.11. The number of fused-ring (bicyclic) bond motifs is 4. The number of nitrogens with zero attached hydrogens (tertiary/aromatic N) is 5. The van der Waals surface area contributed by atoms with E-state index in [9.17, 15) is 14.4 Å². The standard InChI is InChI=1S/C20H21ClN6O3/c1-24-16-15(18(29)25(2)20(24)30)27-10-12-13(21)4-3-5-14(12)26(19(27)23-16)9-8-22-17(28)11-6-7-11/h3-5,11H,6-10H2,1-2H3,(H,22,28). The Morgan fingerprint density at radius 2 is 2.00 bits per heavy atom. The Morgan fingerprint density at radius 3 is 2.73 bits per heavy atom. The molecule has 3 aromatic rings. The van der Waals surface area contributed by atoms with E-state index in [1.54, 1.807) is 11.6 Å². The molecular weight excluding hydrogens is 408 g/mol. The topological polar surface area (TPSA) is 94.2 Å². The number of nitrogens with one attached hydrogen (secondary N) is 1. The molecule has 0 unspecified atom stereocenters. The summed E-state index contributed by atoms with van der Waals surface area (Å²) in [5.74, 6) is 0.761. The summed E-state index contributed by atoms with van der Waals surface area (Å²) in [5.41, 5.74) is 1.61. The molecule has 9 nitrogen and oxygen atoms in total. The van der Waals surface area contributed by atoms with E-state index in [0.29, 0.717) is 41.8 Å². The molecule has 1 aliphatic carbocycles. The third kappa shape index (κ3) is 2.76. The lowest BCUT2D eigenvalue weighted by Gasteiger charge is -2.32. The Hall–Kier alpha value is -3.07. The first-order chi connectivity index (χ1) is 14.4. The van der Waals surface area contributed by atoms with E-state index < -0.39 is 11.2 Å². The van der Waals surface area contributed by atoms with Crippen molar-refractivity contribution < 1.29 is 4.79 Å². The minimum Gasteiger partial charge on any atom is -0.354 e. The fraction of sp³-hybridized carbons (Fsp3) is 0.400. The molecule has 156 valence electrons. The zero-order valence-corrected chi connectivity index (χ0v) is 17.4. The van der Waals surface area contributed by atoms with Crippen LogP contribution in [0.3, 0.4) is 0 Å². The average Bonchev–Trinajstić information content (AvgIpc) is 3.51. The normalized spacial score (nSPS) is 15.2. The molecule has 0 saturated heterocycles. The second-order valence-corrected chi connectivity index (χ2v) is 8.24. The van der Waals surface area contributed by atoms with Gasteiger partial charge in [-0.25, -0.2) is 4.79 Å². The summed E-state index contributed by atoms with van der Waals surface area (Å²) < 4.78 is 4.26. The largest absolute Gasteiger partial charge is 0.354 e. The van der Waals surface area contributed by atoms with E-state index in [0.717, 1.165) is 28.7 Å². The van der Waals surface area contributed by atoms with Gasteiger partial charge in [0.05, 0.1) is 12.2 Å². The van der Waals surface area contributed by atoms with Crippen molar-refractivity contribution in [2.75, 3.05) is 18.0 Å². The number of hydrogen-bond donors (Lipinski definition) is 1. The van der Waals surface area contributed by atoms with Crippen LogP contribution in [0.25, 0.3) is 11.2 Å². The Balaban J connectivity index is 1.64. The number of imidazole rings is 1. The van der Waals surface area contributed by atoms with Gasteiger partial charge in [-0.15, -0.1) is 0 Å². The number of carbonyl (C=O) groups is 1. The lowest BCUT2D eigenvalue weighted by atomic mass is 10.1. The molecule has 1 amide bonds. The minimum atomic E-state index is -0.429. The van der Waals surface area contributed by atoms with Crippen LogP contribution in [0.15, 0.2) is 27.8 Å². The van der Waals surface area contributed by atoms with Crippen molar-refractivity contribution in [3.63, 3.8) is 0 Å². The van der Waals surface area contributed by atoms with Crippen molar-refractivity contribution >= 4 is 40.3 Å². The molecule has 2 aliphatic rings. The number of benzene rings is 1. The van der Waals surface area contributed by atoms with Crippen LogP contribution in [-0.2, 0) is 25.4 Å². The fourth-order valence-electron chi connectivity index (χ4n) is 4.01. The maximum Gasteiger partial charge on any atom is 0.332 e. The molecular formula is C20H21ClN6O3. The number of carbonyl (C=O) groups excluding carboxylic acids is 1. The monoisotopic (exact) mass is 428 g/mol. The first-order valence-corrected chi connectivity index (χ1v) is 10.2. The van der Waals surface area contributed by atoms with Gasteiger partial charge in [-0.3, -0.25) is 23.3 Å². The number of amides is 1. The van der Waals surface area contributed by atoms with Crippen LogP contribution in [-0.4, -0.2) is 37.7 Å². The maximum absolute atomic E-state index is 12.9.